The Morgan fingerprint density at radius 3 is 2.25 bits per heavy atom. The molecule has 5 heteroatoms. The Morgan fingerprint density at radius 1 is 0.857 bits per heavy atom. The summed E-state index contributed by atoms with van der Waals surface area (Å²) in [6.07, 6.45) is 0.194. The van der Waals surface area contributed by atoms with Crippen molar-refractivity contribution in [3.8, 4) is 11.5 Å². The summed E-state index contributed by atoms with van der Waals surface area (Å²) in [6, 6.07) is 13.2. The summed E-state index contributed by atoms with van der Waals surface area (Å²) in [6.45, 7) is 2.10. The largest absolute Gasteiger partial charge is 0.497 e. The summed E-state index contributed by atoms with van der Waals surface area (Å²) in [7, 11) is 1.47. The molecule has 0 bridgehead atoms. The van der Waals surface area contributed by atoms with Crippen molar-refractivity contribution >= 4 is 10.8 Å². The van der Waals surface area contributed by atoms with Gasteiger partial charge in [-0.1, -0.05) is 25.8 Å². The predicted molar refractivity (Wildman–Crippen MR) is 105 cm³/mol. The third kappa shape index (κ3) is 4.58. The first-order valence-corrected chi connectivity index (χ1v) is 9.36. The van der Waals surface area contributed by atoms with Gasteiger partial charge >= 0.3 is 6.11 Å². The molecule has 0 atom stereocenters. The summed E-state index contributed by atoms with van der Waals surface area (Å²) in [5, 5.41) is 1.33. The van der Waals surface area contributed by atoms with E-state index in [9.17, 15) is 13.2 Å². The molecular formula is C23H23F3O2. The van der Waals surface area contributed by atoms with Gasteiger partial charge in [0.1, 0.15) is 17.3 Å². The van der Waals surface area contributed by atoms with Crippen molar-refractivity contribution in [1.29, 1.82) is 0 Å². The lowest BCUT2D eigenvalue weighted by Crippen LogP contribution is -2.21. The number of rotatable bonds is 8. The quantitative estimate of drug-likeness (QED) is 0.393. The molecule has 0 fully saturated rings. The molecule has 0 aromatic heterocycles. The lowest BCUT2D eigenvalue weighted by atomic mass is 10.0. The summed E-state index contributed by atoms with van der Waals surface area (Å²) >= 11 is 0. The maximum absolute atomic E-state index is 14.5. The van der Waals surface area contributed by atoms with Gasteiger partial charge in [0, 0.05) is 0 Å². The van der Waals surface area contributed by atoms with Crippen LogP contribution in [-0.2, 0) is 12.5 Å². The highest BCUT2D eigenvalue weighted by Crippen LogP contribution is 2.34. The smallest absolute Gasteiger partial charge is 0.426 e. The first kappa shape index (κ1) is 20.1. The van der Waals surface area contributed by atoms with Crippen LogP contribution in [0, 0.1) is 5.82 Å². The van der Waals surface area contributed by atoms with Crippen molar-refractivity contribution in [3.63, 3.8) is 0 Å². The molecule has 0 N–H and O–H groups in total. The average molecular weight is 388 g/mol. The second-order valence-corrected chi connectivity index (χ2v) is 6.76. The first-order valence-electron chi connectivity index (χ1n) is 9.36. The first-order chi connectivity index (χ1) is 13.4. The zero-order valence-electron chi connectivity index (χ0n) is 16.0. The maximum Gasteiger partial charge on any atom is 0.426 e. The van der Waals surface area contributed by atoms with E-state index in [0.29, 0.717) is 23.1 Å². The summed E-state index contributed by atoms with van der Waals surface area (Å²) in [5.41, 5.74) is 0.365. The van der Waals surface area contributed by atoms with Gasteiger partial charge in [-0.15, -0.1) is 0 Å². The number of hydrogen-bond donors (Lipinski definition) is 0. The molecule has 0 heterocycles. The molecule has 0 radical (unpaired) electrons. The highest BCUT2D eigenvalue weighted by atomic mass is 19.3. The fourth-order valence-electron chi connectivity index (χ4n) is 3.11. The molecule has 0 amide bonds. The number of halogens is 3. The van der Waals surface area contributed by atoms with Crippen LogP contribution in [0.25, 0.3) is 10.8 Å². The Morgan fingerprint density at radius 2 is 1.57 bits per heavy atom. The second-order valence-electron chi connectivity index (χ2n) is 6.76. The zero-order chi connectivity index (χ0) is 20.1. The van der Waals surface area contributed by atoms with Crippen LogP contribution in [0.5, 0.6) is 11.5 Å². The number of benzene rings is 3. The highest BCUT2D eigenvalue weighted by molar-refractivity contribution is 5.84. The van der Waals surface area contributed by atoms with Gasteiger partial charge in [0.05, 0.1) is 12.7 Å². The van der Waals surface area contributed by atoms with Gasteiger partial charge in [-0.2, -0.15) is 8.78 Å². The summed E-state index contributed by atoms with van der Waals surface area (Å²) in [5.74, 6) is 0.143. The van der Waals surface area contributed by atoms with E-state index in [4.69, 9.17) is 9.47 Å². The fourth-order valence-corrected chi connectivity index (χ4v) is 3.11. The predicted octanol–water partition coefficient (Wildman–Crippen LogP) is 6.85. The van der Waals surface area contributed by atoms with Crippen LogP contribution in [-0.4, -0.2) is 7.11 Å². The third-order valence-corrected chi connectivity index (χ3v) is 4.70. The molecule has 0 saturated heterocycles. The molecule has 0 unspecified atom stereocenters. The van der Waals surface area contributed by atoms with E-state index in [2.05, 4.69) is 6.92 Å². The van der Waals surface area contributed by atoms with Gasteiger partial charge in [-0.3, -0.25) is 0 Å². The molecule has 2 nitrogen and oxygen atoms in total. The number of methoxy groups -OCH3 is 1. The monoisotopic (exact) mass is 388 g/mol. The number of fused-ring (bicyclic) bond motifs is 1. The standard InChI is InChI=1S/C23H23F3O2/c1-3-4-5-6-17-13-16-7-10-21(14-18(16)15-22(17)24)28-23(25,26)19-8-11-20(27-2)12-9-19/h7-15H,3-6H2,1-2H3. The Kier molecular flexibility index (Phi) is 6.12. The van der Waals surface area contributed by atoms with Crippen molar-refractivity contribution in [1.82, 2.24) is 0 Å². The van der Waals surface area contributed by atoms with Crippen molar-refractivity contribution in [2.24, 2.45) is 0 Å². The van der Waals surface area contributed by atoms with E-state index in [1.165, 1.54) is 49.6 Å². The van der Waals surface area contributed by atoms with Crippen LogP contribution in [0.15, 0.2) is 54.6 Å². The van der Waals surface area contributed by atoms with Crippen LogP contribution in [0.3, 0.4) is 0 Å². The van der Waals surface area contributed by atoms with Crippen LogP contribution >= 0.6 is 0 Å². The van der Waals surface area contributed by atoms with Gasteiger partial charge in [0.15, 0.2) is 0 Å². The molecule has 0 saturated carbocycles. The summed E-state index contributed by atoms with van der Waals surface area (Å²) < 4.78 is 53.2. The Labute approximate surface area is 162 Å². The van der Waals surface area contributed by atoms with Crippen molar-refractivity contribution in [3.05, 3.63) is 71.5 Å². The molecule has 0 aliphatic rings. The number of hydrogen-bond acceptors (Lipinski definition) is 2. The topological polar surface area (TPSA) is 18.5 Å². The minimum atomic E-state index is -3.52. The minimum Gasteiger partial charge on any atom is -0.497 e. The number of alkyl halides is 2. The molecule has 0 spiro atoms. The van der Waals surface area contributed by atoms with Crippen LogP contribution in [0.2, 0.25) is 0 Å². The lowest BCUT2D eigenvalue weighted by molar-refractivity contribution is -0.185. The fraction of sp³-hybridized carbons (Fsp3) is 0.304. The number of aryl methyl sites for hydroxylation is 1. The lowest BCUT2D eigenvalue weighted by Gasteiger charge is -2.19. The molecule has 3 rings (SSSR count). The van der Waals surface area contributed by atoms with E-state index in [1.54, 1.807) is 12.1 Å². The zero-order valence-corrected chi connectivity index (χ0v) is 16.0. The molecule has 3 aromatic rings. The van der Waals surface area contributed by atoms with E-state index >= 15 is 0 Å². The van der Waals surface area contributed by atoms with Gasteiger partial charge in [0.2, 0.25) is 0 Å². The minimum absolute atomic E-state index is 0.0218. The molecular weight excluding hydrogens is 365 g/mol. The highest BCUT2D eigenvalue weighted by Gasteiger charge is 2.34. The second kappa shape index (κ2) is 8.55. The number of unbranched alkanes of at least 4 members (excludes halogenated alkanes) is 2. The normalized spacial score (nSPS) is 11.6. The van der Waals surface area contributed by atoms with E-state index in [1.807, 2.05) is 0 Å². The van der Waals surface area contributed by atoms with Crippen molar-refractivity contribution in [2.45, 2.75) is 38.7 Å². The Bertz CT molecular complexity index is 936. The van der Waals surface area contributed by atoms with E-state index in [0.717, 1.165) is 24.6 Å². The van der Waals surface area contributed by atoms with E-state index in [-0.39, 0.29) is 17.1 Å². The van der Waals surface area contributed by atoms with Crippen LogP contribution in [0.4, 0.5) is 13.2 Å². The van der Waals surface area contributed by atoms with Crippen molar-refractivity contribution < 1.29 is 22.6 Å². The van der Waals surface area contributed by atoms with Crippen LogP contribution in [0.1, 0.15) is 37.3 Å². The molecule has 148 valence electrons. The Hall–Kier alpha value is -2.69. The van der Waals surface area contributed by atoms with Gasteiger partial charge in [-0.05, 0) is 77.7 Å². The maximum atomic E-state index is 14.5. The average Bonchev–Trinajstić information content (AvgIpc) is 2.68. The SMILES string of the molecule is CCCCCc1cc2ccc(OC(F)(F)c3ccc(OC)cc3)cc2cc1F. The van der Waals surface area contributed by atoms with E-state index < -0.39 is 6.11 Å². The molecule has 28 heavy (non-hydrogen) atoms. The number of ether oxygens (including phenoxy) is 2. The summed E-state index contributed by atoms with van der Waals surface area (Å²) in [4.78, 5) is 0. The van der Waals surface area contributed by atoms with Gasteiger partial charge in [0.25, 0.3) is 0 Å². The Balaban J connectivity index is 1.82. The third-order valence-electron chi connectivity index (χ3n) is 4.70. The van der Waals surface area contributed by atoms with Crippen molar-refractivity contribution in [2.75, 3.05) is 7.11 Å². The molecule has 0 aliphatic heterocycles. The molecule has 3 aromatic carbocycles. The van der Waals surface area contributed by atoms with Gasteiger partial charge < -0.3 is 9.47 Å². The van der Waals surface area contributed by atoms with Gasteiger partial charge in [-0.25, -0.2) is 4.39 Å². The van der Waals surface area contributed by atoms with Crippen LogP contribution < -0.4 is 9.47 Å². The molecule has 0 aliphatic carbocycles.